The SMILES string of the molecule is O=[N+]([O-])c1ccc(NCc2ccc([N+](=O)[O-])o2)c(Br)c1. The highest BCUT2D eigenvalue weighted by molar-refractivity contribution is 9.10. The summed E-state index contributed by atoms with van der Waals surface area (Å²) in [6.45, 7) is 0.226. The van der Waals surface area contributed by atoms with Gasteiger partial charge in [0.2, 0.25) is 0 Å². The van der Waals surface area contributed by atoms with Gasteiger partial charge in [-0.3, -0.25) is 20.2 Å². The van der Waals surface area contributed by atoms with Gasteiger partial charge in [-0.05, 0) is 28.1 Å². The Labute approximate surface area is 120 Å². The molecule has 1 aromatic heterocycles. The van der Waals surface area contributed by atoms with Crippen molar-refractivity contribution < 1.29 is 14.3 Å². The van der Waals surface area contributed by atoms with E-state index < -0.39 is 9.85 Å². The maximum atomic E-state index is 10.6. The molecule has 104 valence electrons. The number of nitrogens with one attached hydrogen (secondary N) is 1. The lowest BCUT2D eigenvalue weighted by Crippen LogP contribution is -1.99. The molecule has 1 heterocycles. The number of nitro benzene ring substituents is 1. The Hall–Kier alpha value is -2.42. The smallest absolute Gasteiger partial charge is 0.404 e. The van der Waals surface area contributed by atoms with Crippen molar-refractivity contribution in [2.24, 2.45) is 0 Å². The van der Waals surface area contributed by atoms with Crippen LogP contribution < -0.4 is 5.32 Å². The minimum absolute atomic E-state index is 0.0314. The molecule has 0 atom stereocenters. The normalized spacial score (nSPS) is 10.2. The van der Waals surface area contributed by atoms with E-state index in [0.717, 1.165) is 0 Å². The average molecular weight is 342 g/mol. The molecule has 0 aliphatic rings. The summed E-state index contributed by atoms with van der Waals surface area (Å²) in [6.07, 6.45) is 0. The summed E-state index contributed by atoms with van der Waals surface area (Å²) >= 11 is 3.21. The Morgan fingerprint density at radius 3 is 2.45 bits per heavy atom. The second kappa shape index (κ2) is 5.70. The van der Waals surface area contributed by atoms with E-state index in [1.165, 1.54) is 24.3 Å². The predicted molar refractivity (Wildman–Crippen MR) is 73.5 cm³/mol. The molecular weight excluding hydrogens is 334 g/mol. The molecule has 0 saturated carbocycles. The van der Waals surface area contributed by atoms with Gasteiger partial charge in [0.25, 0.3) is 5.69 Å². The molecule has 0 bridgehead atoms. The first-order valence-electron chi connectivity index (χ1n) is 5.38. The number of anilines is 1. The number of furan rings is 1. The van der Waals surface area contributed by atoms with Crippen LogP contribution in [-0.4, -0.2) is 9.85 Å². The van der Waals surface area contributed by atoms with Crippen LogP contribution in [-0.2, 0) is 6.54 Å². The van der Waals surface area contributed by atoms with Crippen LogP contribution in [0.5, 0.6) is 0 Å². The number of benzene rings is 1. The highest BCUT2D eigenvalue weighted by Gasteiger charge is 2.13. The topological polar surface area (TPSA) is 111 Å². The molecule has 0 unspecified atom stereocenters. The fourth-order valence-electron chi connectivity index (χ4n) is 1.50. The van der Waals surface area contributed by atoms with E-state index in [2.05, 4.69) is 21.2 Å². The number of hydrogen-bond acceptors (Lipinski definition) is 6. The van der Waals surface area contributed by atoms with E-state index in [1.54, 1.807) is 6.07 Å². The third-order valence-corrected chi connectivity index (χ3v) is 3.10. The molecule has 0 fully saturated rings. The van der Waals surface area contributed by atoms with E-state index in [-0.39, 0.29) is 18.1 Å². The molecule has 8 nitrogen and oxygen atoms in total. The maximum Gasteiger partial charge on any atom is 0.433 e. The Morgan fingerprint density at radius 2 is 1.90 bits per heavy atom. The zero-order chi connectivity index (χ0) is 14.7. The molecule has 20 heavy (non-hydrogen) atoms. The van der Waals surface area contributed by atoms with Crippen molar-refractivity contribution in [2.75, 3.05) is 5.32 Å². The van der Waals surface area contributed by atoms with Crippen molar-refractivity contribution in [3.05, 3.63) is 60.8 Å². The van der Waals surface area contributed by atoms with Crippen molar-refractivity contribution in [1.82, 2.24) is 0 Å². The zero-order valence-corrected chi connectivity index (χ0v) is 11.5. The van der Waals surface area contributed by atoms with Crippen molar-refractivity contribution in [3.63, 3.8) is 0 Å². The molecule has 0 aliphatic carbocycles. The van der Waals surface area contributed by atoms with Crippen LogP contribution in [0.4, 0.5) is 17.3 Å². The summed E-state index contributed by atoms with van der Waals surface area (Å²) in [5.74, 6) is 0.0616. The van der Waals surface area contributed by atoms with Crippen molar-refractivity contribution >= 4 is 33.2 Å². The van der Waals surface area contributed by atoms with Crippen molar-refractivity contribution in [2.45, 2.75) is 6.54 Å². The predicted octanol–water partition coefficient (Wildman–Crippen LogP) is 3.47. The molecule has 2 rings (SSSR count). The summed E-state index contributed by atoms with van der Waals surface area (Å²) in [7, 11) is 0. The minimum atomic E-state index is -0.620. The summed E-state index contributed by atoms with van der Waals surface area (Å²) in [5.41, 5.74) is 0.589. The molecule has 0 saturated heterocycles. The Kier molecular flexibility index (Phi) is 3.99. The number of nitro groups is 2. The average Bonchev–Trinajstić information content (AvgIpc) is 2.86. The van der Waals surface area contributed by atoms with Crippen LogP contribution in [0, 0.1) is 20.2 Å². The number of hydrogen-bond donors (Lipinski definition) is 1. The quantitative estimate of drug-likeness (QED) is 0.658. The zero-order valence-electron chi connectivity index (χ0n) is 9.91. The van der Waals surface area contributed by atoms with E-state index in [1.807, 2.05) is 0 Å². The molecule has 9 heteroatoms. The van der Waals surface area contributed by atoms with Gasteiger partial charge in [-0.2, -0.15) is 0 Å². The molecule has 0 spiro atoms. The summed E-state index contributed by atoms with van der Waals surface area (Å²) in [6, 6.07) is 7.02. The minimum Gasteiger partial charge on any atom is -0.404 e. The van der Waals surface area contributed by atoms with Gasteiger partial charge in [-0.1, -0.05) is 0 Å². The molecular formula is C11H8BrN3O5. The highest BCUT2D eigenvalue weighted by atomic mass is 79.9. The fourth-order valence-corrected chi connectivity index (χ4v) is 2.01. The summed E-state index contributed by atoms with van der Waals surface area (Å²) in [4.78, 5) is 19.9. The molecule has 2 aromatic rings. The second-order valence-corrected chi connectivity index (χ2v) is 4.63. The first kappa shape index (κ1) is 14.0. The van der Waals surface area contributed by atoms with E-state index >= 15 is 0 Å². The van der Waals surface area contributed by atoms with Crippen molar-refractivity contribution in [1.29, 1.82) is 0 Å². The molecule has 1 N–H and O–H groups in total. The molecule has 1 aromatic carbocycles. The van der Waals surface area contributed by atoms with Gasteiger partial charge >= 0.3 is 5.88 Å². The van der Waals surface area contributed by atoms with Gasteiger partial charge in [0.1, 0.15) is 10.7 Å². The molecule has 0 radical (unpaired) electrons. The second-order valence-electron chi connectivity index (χ2n) is 3.77. The van der Waals surface area contributed by atoms with Crippen LogP contribution in [0.2, 0.25) is 0 Å². The monoisotopic (exact) mass is 341 g/mol. The van der Waals surface area contributed by atoms with Gasteiger partial charge in [0.15, 0.2) is 0 Å². The summed E-state index contributed by atoms with van der Waals surface area (Å²) in [5, 5.41) is 24.0. The van der Waals surface area contributed by atoms with E-state index in [9.17, 15) is 20.2 Å². The van der Waals surface area contributed by atoms with Gasteiger partial charge in [-0.25, -0.2) is 0 Å². The van der Waals surface area contributed by atoms with Gasteiger partial charge < -0.3 is 9.73 Å². The molecule has 0 amide bonds. The van der Waals surface area contributed by atoms with Gasteiger partial charge in [-0.15, -0.1) is 0 Å². The number of halogens is 1. The lowest BCUT2D eigenvalue weighted by molar-refractivity contribution is -0.402. The third kappa shape index (κ3) is 3.12. The van der Waals surface area contributed by atoms with Gasteiger partial charge in [0, 0.05) is 22.3 Å². The lowest BCUT2D eigenvalue weighted by Gasteiger charge is -2.06. The summed E-state index contributed by atoms with van der Waals surface area (Å²) < 4.78 is 5.50. The van der Waals surface area contributed by atoms with Gasteiger partial charge in [0.05, 0.1) is 17.5 Å². The van der Waals surface area contributed by atoms with Crippen LogP contribution in [0.15, 0.2) is 39.2 Å². The molecule has 0 aliphatic heterocycles. The van der Waals surface area contributed by atoms with Crippen molar-refractivity contribution in [3.8, 4) is 0 Å². The van der Waals surface area contributed by atoms with Crippen LogP contribution >= 0.6 is 15.9 Å². The maximum absolute atomic E-state index is 10.6. The fraction of sp³-hybridized carbons (Fsp3) is 0.0909. The first-order valence-corrected chi connectivity index (χ1v) is 6.17. The number of nitrogens with zero attached hydrogens (tertiary/aromatic N) is 2. The number of rotatable bonds is 5. The Bertz CT molecular complexity index is 670. The first-order chi connectivity index (χ1) is 9.47. The largest absolute Gasteiger partial charge is 0.433 e. The highest BCUT2D eigenvalue weighted by Crippen LogP contribution is 2.27. The third-order valence-electron chi connectivity index (χ3n) is 2.44. The Morgan fingerprint density at radius 1 is 1.15 bits per heavy atom. The van der Waals surface area contributed by atoms with E-state index in [4.69, 9.17) is 4.42 Å². The lowest BCUT2D eigenvalue weighted by atomic mass is 10.3. The van der Waals surface area contributed by atoms with Crippen LogP contribution in [0.25, 0.3) is 0 Å². The van der Waals surface area contributed by atoms with E-state index in [0.29, 0.717) is 15.9 Å². The number of non-ortho nitro benzene ring substituents is 1. The Balaban J connectivity index is 2.06. The van der Waals surface area contributed by atoms with Crippen LogP contribution in [0.1, 0.15) is 5.76 Å². The van der Waals surface area contributed by atoms with Crippen LogP contribution in [0.3, 0.4) is 0 Å². The standard InChI is InChI=1S/C11H8BrN3O5/c12-9-5-7(14(16)17)1-3-10(9)13-6-8-2-4-11(20-8)15(18)19/h1-5,13H,6H2.